The van der Waals surface area contributed by atoms with Gasteiger partial charge < -0.3 is 19.1 Å². The molecular formula is C31H33NO3. The third-order valence-electron chi connectivity index (χ3n) is 6.84. The molecule has 4 heteroatoms. The van der Waals surface area contributed by atoms with Crippen LogP contribution in [0.3, 0.4) is 0 Å². The maximum Gasteiger partial charge on any atom is 0.143 e. The average molecular weight is 468 g/mol. The molecule has 0 saturated carbocycles. The summed E-state index contributed by atoms with van der Waals surface area (Å²) in [6.45, 7) is 3.58. The lowest BCUT2D eigenvalue weighted by Gasteiger charge is -2.20. The zero-order valence-corrected chi connectivity index (χ0v) is 20.6. The number of nitrogens with zero attached hydrogens (tertiary/aromatic N) is 1. The van der Waals surface area contributed by atoms with Gasteiger partial charge in [-0.25, -0.2) is 0 Å². The molecule has 5 rings (SSSR count). The first-order valence-corrected chi connectivity index (χ1v) is 12.5. The maximum absolute atomic E-state index is 6.65. The Morgan fingerprint density at radius 1 is 0.743 bits per heavy atom. The Morgan fingerprint density at radius 2 is 1.46 bits per heavy atom. The molecule has 1 aliphatic rings. The molecular weight excluding hydrogens is 434 g/mol. The molecule has 1 heterocycles. The van der Waals surface area contributed by atoms with E-state index < -0.39 is 0 Å². The van der Waals surface area contributed by atoms with Crippen molar-refractivity contribution in [3.05, 3.63) is 84.4 Å². The number of rotatable bonds is 9. The van der Waals surface area contributed by atoms with Crippen LogP contribution in [0.25, 0.3) is 21.9 Å². The molecule has 35 heavy (non-hydrogen) atoms. The number of para-hydroxylation sites is 1. The van der Waals surface area contributed by atoms with Gasteiger partial charge in [0.25, 0.3) is 0 Å². The number of fused-ring (bicyclic) bond motifs is 1. The highest BCUT2D eigenvalue weighted by Gasteiger charge is 2.19. The Labute approximate surface area is 208 Å². The number of benzene rings is 4. The van der Waals surface area contributed by atoms with Gasteiger partial charge in [0.2, 0.25) is 0 Å². The van der Waals surface area contributed by atoms with Gasteiger partial charge in [-0.1, -0.05) is 36.4 Å². The van der Waals surface area contributed by atoms with E-state index in [9.17, 15) is 0 Å². The number of aryl methyl sites for hydroxylation is 1. The lowest BCUT2D eigenvalue weighted by atomic mass is 9.91. The van der Waals surface area contributed by atoms with E-state index in [1.807, 2.05) is 48.5 Å². The summed E-state index contributed by atoms with van der Waals surface area (Å²) in [4.78, 5) is 2.58. The molecule has 0 spiro atoms. The molecule has 1 aliphatic heterocycles. The van der Waals surface area contributed by atoms with Crippen molar-refractivity contribution in [3.63, 3.8) is 0 Å². The highest BCUT2D eigenvalue weighted by molar-refractivity contribution is 5.98. The van der Waals surface area contributed by atoms with Crippen molar-refractivity contribution in [3.8, 4) is 34.1 Å². The summed E-state index contributed by atoms with van der Waals surface area (Å²) in [5, 5.41) is 2.20. The fourth-order valence-corrected chi connectivity index (χ4v) is 5.02. The largest absolute Gasteiger partial charge is 0.497 e. The SMILES string of the molecule is COc1ccc(-c2c(CCCN3CCCC3)cc3cc(OC)ccc3c2Oc2ccccc2)cc1. The number of hydrogen-bond acceptors (Lipinski definition) is 4. The van der Waals surface area contributed by atoms with Crippen molar-refractivity contribution in [2.45, 2.75) is 25.7 Å². The standard InChI is InChI=1S/C31H33NO3/c1-33-26-14-12-23(13-15-26)30-24(9-8-20-32-18-6-7-19-32)21-25-22-28(34-2)16-17-29(25)31(30)35-27-10-4-3-5-11-27/h3-5,10-17,21-22H,6-9,18-20H2,1-2H3. The number of methoxy groups -OCH3 is 2. The summed E-state index contributed by atoms with van der Waals surface area (Å²) >= 11 is 0. The molecule has 4 nitrogen and oxygen atoms in total. The highest BCUT2D eigenvalue weighted by atomic mass is 16.5. The minimum atomic E-state index is 0.827. The molecule has 180 valence electrons. The summed E-state index contributed by atoms with van der Waals surface area (Å²) < 4.78 is 17.6. The lowest BCUT2D eigenvalue weighted by molar-refractivity contribution is 0.334. The van der Waals surface area contributed by atoms with Gasteiger partial charge in [0, 0.05) is 10.9 Å². The number of ether oxygens (including phenoxy) is 3. The zero-order chi connectivity index (χ0) is 24.0. The molecule has 0 N–H and O–H groups in total. The van der Waals surface area contributed by atoms with E-state index in [-0.39, 0.29) is 0 Å². The zero-order valence-electron chi connectivity index (χ0n) is 20.6. The predicted octanol–water partition coefficient (Wildman–Crippen LogP) is 7.34. The van der Waals surface area contributed by atoms with Crippen molar-refractivity contribution in [2.75, 3.05) is 33.9 Å². The van der Waals surface area contributed by atoms with Crippen molar-refractivity contribution in [1.29, 1.82) is 0 Å². The van der Waals surface area contributed by atoms with Crippen LogP contribution in [0.5, 0.6) is 23.0 Å². The second kappa shape index (κ2) is 10.8. The average Bonchev–Trinajstić information content (AvgIpc) is 3.43. The minimum absolute atomic E-state index is 0.827. The van der Waals surface area contributed by atoms with Crippen LogP contribution >= 0.6 is 0 Å². The first-order chi connectivity index (χ1) is 17.2. The molecule has 0 atom stereocenters. The predicted molar refractivity (Wildman–Crippen MR) is 143 cm³/mol. The molecule has 0 unspecified atom stereocenters. The van der Waals surface area contributed by atoms with E-state index in [4.69, 9.17) is 14.2 Å². The molecule has 0 amide bonds. The van der Waals surface area contributed by atoms with Crippen molar-refractivity contribution >= 4 is 10.8 Å². The third kappa shape index (κ3) is 5.28. The van der Waals surface area contributed by atoms with Gasteiger partial charge in [-0.15, -0.1) is 0 Å². The fourth-order valence-electron chi connectivity index (χ4n) is 5.02. The van der Waals surface area contributed by atoms with Crippen LogP contribution in [0, 0.1) is 0 Å². The third-order valence-corrected chi connectivity index (χ3v) is 6.84. The van der Waals surface area contributed by atoms with Gasteiger partial charge in [-0.05, 0) is 104 Å². The minimum Gasteiger partial charge on any atom is -0.497 e. The molecule has 4 aromatic rings. The van der Waals surface area contributed by atoms with Gasteiger partial charge in [0.1, 0.15) is 23.0 Å². The van der Waals surface area contributed by atoms with Gasteiger partial charge in [-0.2, -0.15) is 0 Å². The molecule has 1 fully saturated rings. The van der Waals surface area contributed by atoms with Crippen LogP contribution in [0.2, 0.25) is 0 Å². The fraction of sp³-hybridized carbons (Fsp3) is 0.290. The molecule has 0 radical (unpaired) electrons. The van der Waals surface area contributed by atoms with Gasteiger partial charge in [0.15, 0.2) is 0 Å². The van der Waals surface area contributed by atoms with Crippen molar-refractivity contribution < 1.29 is 14.2 Å². The lowest BCUT2D eigenvalue weighted by Crippen LogP contribution is -2.20. The Hall–Kier alpha value is -3.50. The Bertz CT molecular complexity index is 1260. The van der Waals surface area contributed by atoms with Crippen LogP contribution < -0.4 is 14.2 Å². The molecule has 1 saturated heterocycles. The Kier molecular flexibility index (Phi) is 7.20. The van der Waals surface area contributed by atoms with Gasteiger partial charge in [0.05, 0.1) is 14.2 Å². The van der Waals surface area contributed by atoms with Gasteiger partial charge in [-0.3, -0.25) is 0 Å². The Balaban J connectivity index is 1.64. The normalized spacial score (nSPS) is 13.8. The van der Waals surface area contributed by atoms with Crippen molar-refractivity contribution in [2.24, 2.45) is 0 Å². The van der Waals surface area contributed by atoms with E-state index in [1.54, 1.807) is 14.2 Å². The first-order valence-electron chi connectivity index (χ1n) is 12.5. The maximum atomic E-state index is 6.65. The number of likely N-dealkylation sites (tertiary alicyclic amines) is 1. The second-order valence-corrected chi connectivity index (χ2v) is 9.12. The Morgan fingerprint density at radius 3 is 2.17 bits per heavy atom. The van der Waals surface area contributed by atoms with E-state index in [0.717, 1.165) is 64.3 Å². The van der Waals surface area contributed by atoms with Crippen LogP contribution in [-0.4, -0.2) is 38.8 Å². The van der Waals surface area contributed by atoms with E-state index in [1.165, 1.54) is 31.5 Å². The summed E-state index contributed by atoms with van der Waals surface area (Å²) in [5.74, 6) is 3.41. The monoisotopic (exact) mass is 467 g/mol. The van der Waals surface area contributed by atoms with Crippen molar-refractivity contribution in [1.82, 2.24) is 4.90 Å². The quantitative estimate of drug-likeness (QED) is 0.258. The summed E-state index contributed by atoms with van der Waals surface area (Å²) in [7, 11) is 3.41. The van der Waals surface area contributed by atoms with Crippen LogP contribution in [0.15, 0.2) is 78.9 Å². The summed E-state index contributed by atoms with van der Waals surface area (Å²) in [6.07, 6.45) is 4.74. The summed E-state index contributed by atoms with van der Waals surface area (Å²) in [5.41, 5.74) is 3.57. The first kappa shape index (κ1) is 23.3. The van der Waals surface area contributed by atoms with E-state index in [2.05, 4.69) is 35.2 Å². The van der Waals surface area contributed by atoms with Crippen LogP contribution in [0.1, 0.15) is 24.8 Å². The highest BCUT2D eigenvalue weighted by Crippen LogP contribution is 2.44. The van der Waals surface area contributed by atoms with Gasteiger partial charge >= 0.3 is 0 Å². The smallest absolute Gasteiger partial charge is 0.143 e. The second-order valence-electron chi connectivity index (χ2n) is 9.12. The molecule has 0 bridgehead atoms. The molecule has 0 aromatic heterocycles. The van der Waals surface area contributed by atoms with E-state index >= 15 is 0 Å². The molecule has 4 aromatic carbocycles. The topological polar surface area (TPSA) is 30.9 Å². The van der Waals surface area contributed by atoms with Crippen LogP contribution in [0.4, 0.5) is 0 Å². The molecule has 0 aliphatic carbocycles. The van der Waals surface area contributed by atoms with E-state index in [0.29, 0.717) is 0 Å². The van der Waals surface area contributed by atoms with Crippen LogP contribution in [-0.2, 0) is 6.42 Å². The summed E-state index contributed by atoms with van der Waals surface area (Å²) in [6, 6.07) is 26.9. The number of hydrogen-bond donors (Lipinski definition) is 0.